The fraction of sp³-hybridized carbons (Fsp3) is 0.222. The van der Waals surface area contributed by atoms with Crippen LogP contribution in [0.2, 0.25) is 0 Å². The van der Waals surface area contributed by atoms with Gasteiger partial charge < -0.3 is 9.15 Å². The quantitative estimate of drug-likeness (QED) is 0.524. The molecule has 0 bridgehead atoms. The summed E-state index contributed by atoms with van der Waals surface area (Å²) in [7, 11) is 0. The van der Waals surface area contributed by atoms with Gasteiger partial charge in [-0.1, -0.05) is 23.8 Å². The van der Waals surface area contributed by atoms with Crippen molar-refractivity contribution < 1.29 is 13.9 Å². The third kappa shape index (κ3) is 3.51. The summed E-state index contributed by atoms with van der Waals surface area (Å²) in [5.41, 5.74) is 2.69. The number of nitrogens with zero attached hydrogens (tertiary/aromatic N) is 1. The predicted molar refractivity (Wildman–Crippen MR) is 89.8 cm³/mol. The molecule has 3 aromatic rings. The molecule has 1 aromatic carbocycles. The fourth-order valence-corrected chi connectivity index (χ4v) is 2.96. The molecule has 0 unspecified atom stereocenters. The van der Waals surface area contributed by atoms with Gasteiger partial charge in [-0.3, -0.25) is 4.79 Å². The second-order valence-corrected chi connectivity index (χ2v) is 6.37. The zero-order valence-electron chi connectivity index (χ0n) is 13.3. The van der Waals surface area contributed by atoms with Crippen LogP contribution in [0.1, 0.15) is 22.6 Å². The molecule has 0 N–H and O–H groups in total. The van der Waals surface area contributed by atoms with Gasteiger partial charge in [0.15, 0.2) is 0 Å². The first-order valence-electron chi connectivity index (χ1n) is 7.31. The second-order valence-electron chi connectivity index (χ2n) is 5.42. The first kappa shape index (κ1) is 15.5. The van der Waals surface area contributed by atoms with Crippen molar-refractivity contribution in [3.8, 4) is 16.5 Å². The Balaban J connectivity index is 1.73. The van der Waals surface area contributed by atoms with Crippen LogP contribution in [-0.2, 0) is 11.2 Å². The second kappa shape index (κ2) is 6.38. The van der Waals surface area contributed by atoms with E-state index >= 15 is 0 Å². The van der Waals surface area contributed by atoms with Crippen LogP contribution in [0.3, 0.4) is 0 Å². The summed E-state index contributed by atoms with van der Waals surface area (Å²) in [5.74, 6) is 1.43. The van der Waals surface area contributed by atoms with Crippen LogP contribution in [0.15, 0.2) is 40.1 Å². The Labute approximate surface area is 138 Å². The molecule has 0 amide bonds. The lowest BCUT2D eigenvalue weighted by atomic mass is 10.1. The van der Waals surface area contributed by atoms with Gasteiger partial charge in [0.25, 0.3) is 0 Å². The Morgan fingerprint density at radius 2 is 2.09 bits per heavy atom. The van der Waals surface area contributed by atoms with Crippen molar-refractivity contribution in [3.05, 3.63) is 58.3 Å². The van der Waals surface area contributed by atoms with E-state index < -0.39 is 0 Å². The molecule has 3 rings (SSSR count). The van der Waals surface area contributed by atoms with E-state index in [0.717, 1.165) is 16.0 Å². The monoisotopic (exact) mass is 327 g/mol. The number of benzene rings is 1. The van der Waals surface area contributed by atoms with Gasteiger partial charge in [-0.15, -0.1) is 11.3 Å². The molecule has 0 aliphatic carbocycles. The number of hydrogen-bond donors (Lipinski definition) is 0. The first-order valence-corrected chi connectivity index (χ1v) is 8.19. The van der Waals surface area contributed by atoms with E-state index in [1.165, 1.54) is 0 Å². The summed E-state index contributed by atoms with van der Waals surface area (Å²) in [6.07, 6.45) is 0.0913. The zero-order chi connectivity index (χ0) is 16.4. The molecule has 0 aliphatic rings. The van der Waals surface area contributed by atoms with Crippen molar-refractivity contribution in [1.29, 1.82) is 0 Å². The van der Waals surface area contributed by atoms with E-state index in [4.69, 9.17) is 9.15 Å². The van der Waals surface area contributed by atoms with E-state index in [9.17, 15) is 4.79 Å². The number of rotatable bonds is 4. The molecule has 0 aliphatic heterocycles. The van der Waals surface area contributed by atoms with Crippen LogP contribution in [-0.4, -0.2) is 11.0 Å². The van der Waals surface area contributed by atoms with Crippen molar-refractivity contribution in [2.24, 2.45) is 0 Å². The largest absolute Gasteiger partial charge is 0.440 e. The summed E-state index contributed by atoms with van der Waals surface area (Å²) in [6.45, 7) is 5.74. The van der Waals surface area contributed by atoms with Gasteiger partial charge in [0.1, 0.15) is 11.5 Å². The minimum Gasteiger partial charge on any atom is -0.440 e. The maximum Gasteiger partial charge on any atom is 0.317 e. The minimum absolute atomic E-state index is 0.0913. The Morgan fingerprint density at radius 3 is 2.78 bits per heavy atom. The van der Waals surface area contributed by atoms with Gasteiger partial charge in [-0.2, -0.15) is 0 Å². The number of carbonyl (C=O) groups excluding carboxylic acids is 1. The molecule has 0 spiro atoms. The van der Waals surface area contributed by atoms with E-state index in [-0.39, 0.29) is 12.4 Å². The molecule has 0 fully saturated rings. The molecule has 118 valence electrons. The maximum absolute atomic E-state index is 12.2. The molecule has 0 saturated carbocycles. The Hall–Kier alpha value is -2.40. The van der Waals surface area contributed by atoms with Gasteiger partial charge in [0.2, 0.25) is 5.89 Å². The molecule has 23 heavy (non-hydrogen) atoms. The van der Waals surface area contributed by atoms with Crippen molar-refractivity contribution >= 4 is 17.3 Å². The van der Waals surface area contributed by atoms with E-state index in [2.05, 4.69) is 4.98 Å². The lowest BCUT2D eigenvalue weighted by Crippen LogP contribution is -2.12. The Kier molecular flexibility index (Phi) is 4.30. The summed E-state index contributed by atoms with van der Waals surface area (Å²) in [5, 5.41) is 1.96. The molecular weight excluding hydrogens is 310 g/mol. The molecule has 4 nitrogen and oxygen atoms in total. The van der Waals surface area contributed by atoms with Crippen LogP contribution in [0.25, 0.3) is 10.8 Å². The van der Waals surface area contributed by atoms with Crippen LogP contribution in [0.5, 0.6) is 5.75 Å². The van der Waals surface area contributed by atoms with Crippen molar-refractivity contribution in [2.75, 3.05) is 0 Å². The molecule has 5 heteroatoms. The van der Waals surface area contributed by atoms with Crippen LogP contribution < -0.4 is 4.74 Å². The normalized spacial score (nSPS) is 10.7. The van der Waals surface area contributed by atoms with E-state index in [1.807, 2.05) is 56.5 Å². The van der Waals surface area contributed by atoms with Gasteiger partial charge >= 0.3 is 5.97 Å². The van der Waals surface area contributed by atoms with Crippen LogP contribution in [0.4, 0.5) is 0 Å². The number of aromatic nitrogens is 1. The van der Waals surface area contributed by atoms with Crippen molar-refractivity contribution in [1.82, 2.24) is 4.98 Å². The number of aryl methyl sites for hydroxylation is 3. The minimum atomic E-state index is -0.342. The highest BCUT2D eigenvalue weighted by Crippen LogP contribution is 2.26. The number of hydrogen-bond acceptors (Lipinski definition) is 5. The highest BCUT2D eigenvalue weighted by Gasteiger charge is 2.17. The van der Waals surface area contributed by atoms with Gasteiger partial charge in [-0.25, -0.2) is 4.98 Å². The number of thiophene rings is 1. The SMILES string of the molecule is Cc1ccc(OC(=O)Cc2nc(-c3cccs3)oc2C)c(C)c1. The Bertz CT molecular complexity index is 834. The summed E-state index contributed by atoms with van der Waals surface area (Å²) >= 11 is 1.55. The topological polar surface area (TPSA) is 52.3 Å². The molecule has 0 saturated heterocycles. The molecule has 2 aromatic heterocycles. The van der Waals surface area contributed by atoms with Gasteiger partial charge in [-0.05, 0) is 43.8 Å². The highest BCUT2D eigenvalue weighted by atomic mass is 32.1. The van der Waals surface area contributed by atoms with Gasteiger partial charge in [0.05, 0.1) is 17.0 Å². The van der Waals surface area contributed by atoms with E-state index in [1.54, 1.807) is 11.3 Å². The molecular formula is C18H17NO3S. The third-order valence-electron chi connectivity index (χ3n) is 3.49. The number of ether oxygens (including phenoxy) is 1. The molecule has 0 atom stereocenters. The fourth-order valence-electron chi connectivity index (χ4n) is 2.31. The predicted octanol–water partition coefficient (Wildman–Crippen LogP) is 4.48. The molecule has 2 heterocycles. The van der Waals surface area contributed by atoms with Gasteiger partial charge in [0, 0.05) is 0 Å². The number of carbonyl (C=O) groups is 1. The average molecular weight is 327 g/mol. The smallest absolute Gasteiger partial charge is 0.317 e. The summed E-state index contributed by atoms with van der Waals surface area (Å²) in [4.78, 5) is 17.5. The van der Waals surface area contributed by atoms with Crippen LogP contribution >= 0.6 is 11.3 Å². The van der Waals surface area contributed by atoms with E-state index in [0.29, 0.717) is 23.1 Å². The van der Waals surface area contributed by atoms with Crippen molar-refractivity contribution in [3.63, 3.8) is 0 Å². The lowest BCUT2D eigenvalue weighted by Gasteiger charge is -2.07. The summed E-state index contributed by atoms with van der Waals surface area (Å²) in [6, 6.07) is 9.60. The maximum atomic E-state index is 12.2. The average Bonchev–Trinajstić information content (AvgIpc) is 3.13. The lowest BCUT2D eigenvalue weighted by molar-refractivity contribution is -0.133. The number of oxazole rings is 1. The molecule has 0 radical (unpaired) electrons. The van der Waals surface area contributed by atoms with Crippen LogP contribution in [0, 0.1) is 20.8 Å². The zero-order valence-corrected chi connectivity index (χ0v) is 14.1. The van der Waals surface area contributed by atoms with Crippen molar-refractivity contribution in [2.45, 2.75) is 27.2 Å². The summed E-state index contributed by atoms with van der Waals surface area (Å²) < 4.78 is 11.1. The Morgan fingerprint density at radius 1 is 1.26 bits per heavy atom. The first-order chi connectivity index (χ1) is 11.0. The standard InChI is InChI=1S/C18H17NO3S/c1-11-6-7-15(12(2)9-11)22-17(20)10-14-13(3)21-18(19-14)16-5-4-8-23-16/h4-9H,10H2,1-3H3. The highest BCUT2D eigenvalue weighted by molar-refractivity contribution is 7.13. The third-order valence-corrected chi connectivity index (χ3v) is 4.35. The number of esters is 1.